The first kappa shape index (κ1) is 25.5. The summed E-state index contributed by atoms with van der Waals surface area (Å²) < 4.78 is 16.8. The lowest BCUT2D eigenvalue weighted by molar-refractivity contribution is -0.144. The van der Waals surface area contributed by atoms with Gasteiger partial charge >= 0.3 is 0 Å². The van der Waals surface area contributed by atoms with E-state index < -0.39 is 11.6 Å². The molecule has 196 valence electrons. The molecule has 2 heterocycles. The second kappa shape index (κ2) is 9.96. The molecular weight excluding hydrogens is 482 g/mol. The number of aryl methyl sites for hydroxylation is 1. The summed E-state index contributed by atoms with van der Waals surface area (Å²) >= 11 is 0. The van der Waals surface area contributed by atoms with Crippen molar-refractivity contribution in [3.8, 4) is 5.75 Å². The average Bonchev–Trinajstić information content (AvgIpc) is 3.04. The quantitative estimate of drug-likeness (QED) is 0.441. The summed E-state index contributed by atoms with van der Waals surface area (Å²) in [5.74, 6) is 0.719. The van der Waals surface area contributed by atoms with E-state index >= 15 is 0 Å². The zero-order valence-electron chi connectivity index (χ0n) is 22.2. The number of nitrogens with zero attached hydrogens (tertiary/aromatic N) is 3. The zero-order chi connectivity index (χ0) is 27.0. The first-order chi connectivity index (χ1) is 18.4. The van der Waals surface area contributed by atoms with Crippen LogP contribution in [0.3, 0.4) is 0 Å². The lowest BCUT2D eigenvalue weighted by atomic mass is 9.74. The van der Waals surface area contributed by atoms with E-state index in [0.29, 0.717) is 22.9 Å². The molecule has 3 aromatic carbocycles. The molecule has 0 aromatic heterocycles. The third-order valence-electron chi connectivity index (χ3n) is 7.21. The molecule has 2 atom stereocenters. The molecule has 0 spiro atoms. The molecule has 0 bridgehead atoms. The number of carbonyl (C=O) groups excluding carboxylic acids is 2. The summed E-state index contributed by atoms with van der Waals surface area (Å²) in [5.41, 5.74) is 2.88. The predicted octanol–water partition coefficient (Wildman–Crippen LogP) is 4.23. The number of para-hydroxylation sites is 4. The topological polar surface area (TPSA) is 71.5 Å². The van der Waals surface area contributed by atoms with Crippen molar-refractivity contribution in [2.75, 3.05) is 49.7 Å². The van der Waals surface area contributed by atoms with E-state index in [1.54, 1.807) is 16.9 Å². The molecule has 2 aliphatic heterocycles. The molecule has 8 heteroatoms. The van der Waals surface area contributed by atoms with Crippen molar-refractivity contribution in [1.29, 1.82) is 0 Å². The Morgan fingerprint density at radius 3 is 2.26 bits per heavy atom. The average molecular weight is 514 g/mol. The van der Waals surface area contributed by atoms with Crippen molar-refractivity contribution in [3.05, 3.63) is 95.8 Å². The molecule has 0 aliphatic carbocycles. The number of fused-ring (bicyclic) bond motifs is 3. The summed E-state index contributed by atoms with van der Waals surface area (Å²) in [6, 6.07) is 23.0. The van der Waals surface area contributed by atoms with Crippen molar-refractivity contribution in [1.82, 2.24) is 0 Å². The number of hydrogen-bond donors (Lipinski definition) is 0. The Bertz CT molecular complexity index is 1400. The molecule has 2 amide bonds. The second-order valence-electron chi connectivity index (χ2n) is 9.37. The minimum absolute atomic E-state index is 0.148. The molecule has 0 N–H and O–H groups in total. The maximum absolute atomic E-state index is 13.7. The highest BCUT2D eigenvalue weighted by Crippen LogP contribution is 2.53. The van der Waals surface area contributed by atoms with Gasteiger partial charge in [0.25, 0.3) is 11.8 Å². The second-order valence-corrected chi connectivity index (χ2v) is 9.37. The van der Waals surface area contributed by atoms with Gasteiger partial charge in [0, 0.05) is 21.3 Å². The van der Waals surface area contributed by atoms with E-state index in [2.05, 4.69) is 0 Å². The van der Waals surface area contributed by atoms with Crippen molar-refractivity contribution < 1.29 is 23.8 Å². The summed E-state index contributed by atoms with van der Waals surface area (Å²) in [6.45, 7) is 1.87. The van der Waals surface area contributed by atoms with Gasteiger partial charge < -0.3 is 19.1 Å². The number of benzene rings is 3. The van der Waals surface area contributed by atoms with E-state index in [9.17, 15) is 9.59 Å². The molecule has 1 saturated heterocycles. The summed E-state index contributed by atoms with van der Waals surface area (Å²) in [5, 5.41) is 0. The third kappa shape index (κ3) is 3.76. The molecule has 0 radical (unpaired) electrons. The predicted molar refractivity (Wildman–Crippen MR) is 146 cm³/mol. The van der Waals surface area contributed by atoms with Crippen LogP contribution in [0.1, 0.15) is 11.1 Å². The minimum Gasteiger partial charge on any atom is -0.495 e. The van der Waals surface area contributed by atoms with Crippen molar-refractivity contribution in [2.45, 2.75) is 18.6 Å². The highest BCUT2D eigenvalue weighted by atomic mass is 16.5. The smallest absolute Gasteiger partial charge is 0.260 e. The van der Waals surface area contributed by atoms with Gasteiger partial charge in [-0.15, -0.1) is 0 Å². The lowest BCUT2D eigenvalue weighted by Crippen LogP contribution is -2.72. The van der Waals surface area contributed by atoms with Crippen molar-refractivity contribution >= 4 is 28.9 Å². The first-order valence-electron chi connectivity index (χ1n) is 12.3. The minimum atomic E-state index is -1.01. The van der Waals surface area contributed by atoms with Gasteiger partial charge in [-0.1, -0.05) is 54.1 Å². The monoisotopic (exact) mass is 513 g/mol. The van der Waals surface area contributed by atoms with Gasteiger partial charge in [0.2, 0.25) is 0 Å². The first-order valence-corrected chi connectivity index (χ1v) is 12.3. The van der Waals surface area contributed by atoms with Crippen LogP contribution in [0.4, 0.5) is 17.1 Å². The van der Waals surface area contributed by atoms with E-state index in [-0.39, 0.29) is 18.4 Å². The number of rotatable bonds is 7. The van der Waals surface area contributed by atoms with E-state index in [4.69, 9.17) is 14.2 Å². The molecule has 0 saturated carbocycles. The van der Waals surface area contributed by atoms with Crippen molar-refractivity contribution in [2.24, 2.45) is 0 Å². The molecule has 8 nitrogen and oxygen atoms in total. The van der Waals surface area contributed by atoms with Crippen molar-refractivity contribution in [3.63, 3.8) is 0 Å². The normalized spacial score (nSPS) is 20.1. The number of β-lactam (4-membered cyclic amide) rings is 1. The Labute approximate surface area is 222 Å². The van der Waals surface area contributed by atoms with Gasteiger partial charge in [0.05, 0.1) is 24.2 Å². The maximum Gasteiger partial charge on any atom is 0.260 e. The van der Waals surface area contributed by atoms with Crippen LogP contribution in [-0.2, 0) is 24.6 Å². The van der Waals surface area contributed by atoms with Gasteiger partial charge in [-0.05, 0) is 42.8 Å². The van der Waals surface area contributed by atoms with Crippen LogP contribution >= 0.6 is 0 Å². The van der Waals surface area contributed by atoms with Crippen LogP contribution in [-0.4, -0.2) is 52.9 Å². The number of carbonyl (C=O) groups is 2. The Balaban J connectivity index is 1.85. The van der Waals surface area contributed by atoms with Crippen LogP contribution < -0.4 is 19.4 Å². The largest absolute Gasteiger partial charge is 0.495 e. The number of hydrogen-bond acceptors (Lipinski definition) is 6. The van der Waals surface area contributed by atoms with Gasteiger partial charge in [0.1, 0.15) is 23.7 Å². The van der Waals surface area contributed by atoms with E-state index in [0.717, 1.165) is 16.8 Å². The fraction of sp³-hybridized carbons (Fsp3) is 0.267. The van der Waals surface area contributed by atoms with Crippen LogP contribution in [0.2, 0.25) is 0 Å². The molecule has 2 aliphatic rings. The highest BCUT2D eigenvalue weighted by Gasteiger charge is 2.63. The van der Waals surface area contributed by atoms with Crippen LogP contribution in [0.25, 0.3) is 0 Å². The highest BCUT2D eigenvalue weighted by molar-refractivity contribution is 6.13. The van der Waals surface area contributed by atoms with Crippen LogP contribution in [0.15, 0.2) is 84.7 Å². The SMILES string of the molecule is COCC(=O)N1C(N(C)c2ccccc2OC)=CC2(c3ccc(C)cc3)C(OC)C(=O)N2c2ccccc21. The fourth-order valence-corrected chi connectivity index (χ4v) is 5.42. The van der Waals surface area contributed by atoms with E-state index in [1.165, 1.54) is 14.2 Å². The number of methoxy groups -OCH3 is 3. The Hall–Kier alpha value is -4.14. The summed E-state index contributed by atoms with van der Waals surface area (Å²) in [7, 11) is 6.51. The Kier molecular flexibility index (Phi) is 6.69. The van der Waals surface area contributed by atoms with Gasteiger partial charge in [-0.2, -0.15) is 0 Å². The molecular formula is C30H31N3O5. The molecule has 3 aromatic rings. The van der Waals surface area contributed by atoms with Crippen LogP contribution in [0, 0.1) is 6.92 Å². The van der Waals surface area contributed by atoms with E-state index in [1.807, 2.05) is 97.7 Å². The number of ether oxygens (including phenoxy) is 3. The Morgan fingerprint density at radius 2 is 1.61 bits per heavy atom. The number of amides is 2. The fourth-order valence-electron chi connectivity index (χ4n) is 5.42. The molecule has 5 rings (SSSR count). The lowest BCUT2D eigenvalue weighted by Gasteiger charge is -2.55. The number of anilines is 3. The summed E-state index contributed by atoms with van der Waals surface area (Å²) in [6.07, 6.45) is 1.16. The van der Waals surface area contributed by atoms with Gasteiger partial charge in [-0.25, -0.2) is 0 Å². The standard InChI is InChI=1S/C30H31N3O5/c1-20-14-16-21(17-15-20)30-18-26(31(2)24-12-8-9-13-25(24)37-4)32(27(34)19-36-3)22-10-6-7-11-23(22)33(30)29(35)28(30)38-5/h6-18,28H,19H2,1-5H3. The molecule has 38 heavy (non-hydrogen) atoms. The van der Waals surface area contributed by atoms with Gasteiger partial charge in [-0.3, -0.25) is 19.4 Å². The Morgan fingerprint density at radius 1 is 0.947 bits per heavy atom. The molecule has 2 unspecified atom stereocenters. The zero-order valence-corrected chi connectivity index (χ0v) is 22.2. The van der Waals surface area contributed by atoms with Gasteiger partial charge in [0.15, 0.2) is 6.10 Å². The van der Waals surface area contributed by atoms with Crippen LogP contribution in [0.5, 0.6) is 5.75 Å². The molecule has 1 fully saturated rings. The third-order valence-corrected chi connectivity index (χ3v) is 7.21. The maximum atomic E-state index is 13.7. The summed E-state index contributed by atoms with van der Waals surface area (Å²) in [4.78, 5) is 32.6.